The van der Waals surface area contributed by atoms with Crippen molar-refractivity contribution >= 4 is 0 Å². The van der Waals surface area contributed by atoms with Gasteiger partial charge in [-0.25, -0.2) is 0 Å². The van der Waals surface area contributed by atoms with Gasteiger partial charge in [-0.1, -0.05) is 6.92 Å². The molecule has 0 amide bonds. The Balaban J connectivity index is 2.29. The van der Waals surface area contributed by atoms with Crippen LogP contribution < -0.4 is 0 Å². The average Bonchev–Trinajstić information content (AvgIpc) is 2.37. The highest BCUT2D eigenvalue weighted by atomic mass is 16.5. The van der Waals surface area contributed by atoms with Crippen LogP contribution in [0.5, 0.6) is 0 Å². The quantitative estimate of drug-likeness (QED) is 0.598. The third-order valence-electron chi connectivity index (χ3n) is 3.86. The topological polar surface area (TPSA) is 29.5 Å². The molecule has 2 aliphatic rings. The van der Waals surface area contributed by atoms with E-state index in [-0.39, 0.29) is 5.60 Å². The summed E-state index contributed by atoms with van der Waals surface area (Å²) in [7, 11) is 0. The number of hydrogen-bond acceptors (Lipinski definition) is 2. The maximum atomic E-state index is 10.3. The summed E-state index contributed by atoms with van der Waals surface area (Å²) in [5.74, 6) is 0.754. The van der Waals surface area contributed by atoms with Crippen molar-refractivity contribution in [2.24, 2.45) is 11.8 Å². The van der Waals surface area contributed by atoms with Crippen molar-refractivity contribution < 1.29 is 9.84 Å². The standard InChI is InChI=1S/C10H18O2/c1-7-4-5-8-9(2,3)12-6-10(7,8)11/h7-8,11H,4-6H2,1-3H3/t7-,8-,10+/m0/s1. The van der Waals surface area contributed by atoms with Crippen molar-refractivity contribution in [1.29, 1.82) is 0 Å². The molecule has 0 spiro atoms. The number of fused-ring (bicyclic) bond motifs is 1. The van der Waals surface area contributed by atoms with Gasteiger partial charge in [0.2, 0.25) is 0 Å². The van der Waals surface area contributed by atoms with Crippen LogP contribution in [0.25, 0.3) is 0 Å². The Bertz CT molecular complexity index is 200. The highest BCUT2D eigenvalue weighted by molar-refractivity contribution is 5.07. The molecule has 0 aromatic heterocycles. The molecule has 2 rings (SSSR count). The first-order valence-electron chi connectivity index (χ1n) is 4.83. The van der Waals surface area contributed by atoms with E-state index in [2.05, 4.69) is 20.8 Å². The SMILES string of the molecule is C[C@H]1CC[C@H]2C(C)(C)OC[C@@]12O. The Hall–Kier alpha value is -0.0800. The van der Waals surface area contributed by atoms with E-state index in [1.165, 1.54) is 0 Å². The second-order valence-electron chi connectivity index (χ2n) is 4.91. The largest absolute Gasteiger partial charge is 0.387 e. The summed E-state index contributed by atoms with van der Waals surface area (Å²) in [5.41, 5.74) is -0.636. The van der Waals surface area contributed by atoms with Crippen LogP contribution in [-0.2, 0) is 4.74 Å². The molecule has 2 nitrogen and oxygen atoms in total. The summed E-state index contributed by atoms with van der Waals surface area (Å²) in [4.78, 5) is 0. The van der Waals surface area contributed by atoms with Crippen molar-refractivity contribution in [3.05, 3.63) is 0 Å². The molecule has 0 aromatic rings. The van der Waals surface area contributed by atoms with Crippen LogP contribution in [0.3, 0.4) is 0 Å². The minimum absolute atomic E-state index is 0.112. The first-order chi connectivity index (χ1) is 5.47. The smallest absolute Gasteiger partial charge is 0.0960 e. The van der Waals surface area contributed by atoms with E-state index < -0.39 is 5.60 Å². The zero-order valence-corrected chi connectivity index (χ0v) is 8.13. The third kappa shape index (κ3) is 0.882. The van der Waals surface area contributed by atoms with Crippen LogP contribution in [0, 0.1) is 11.8 Å². The zero-order valence-electron chi connectivity index (χ0n) is 8.13. The third-order valence-corrected chi connectivity index (χ3v) is 3.86. The summed E-state index contributed by atoms with van der Waals surface area (Å²) >= 11 is 0. The number of rotatable bonds is 0. The van der Waals surface area contributed by atoms with Crippen LogP contribution in [0.15, 0.2) is 0 Å². The molecule has 0 unspecified atom stereocenters. The van der Waals surface area contributed by atoms with Crippen LogP contribution in [0.2, 0.25) is 0 Å². The fourth-order valence-electron chi connectivity index (χ4n) is 2.85. The molecular weight excluding hydrogens is 152 g/mol. The van der Waals surface area contributed by atoms with E-state index in [0.717, 1.165) is 12.8 Å². The monoisotopic (exact) mass is 170 g/mol. The Morgan fingerprint density at radius 1 is 1.33 bits per heavy atom. The molecule has 1 saturated heterocycles. The number of hydrogen-bond donors (Lipinski definition) is 1. The molecular formula is C10H18O2. The predicted octanol–water partition coefficient (Wildman–Crippen LogP) is 1.57. The van der Waals surface area contributed by atoms with Gasteiger partial charge in [-0.2, -0.15) is 0 Å². The van der Waals surface area contributed by atoms with Crippen molar-refractivity contribution in [2.45, 2.75) is 44.8 Å². The molecule has 70 valence electrons. The molecule has 12 heavy (non-hydrogen) atoms. The highest BCUT2D eigenvalue weighted by Crippen LogP contribution is 2.51. The first kappa shape index (κ1) is 8.52. The Morgan fingerprint density at radius 2 is 2.00 bits per heavy atom. The molecule has 1 saturated carbocycles. The van der Waals surface area contributed by atoms with Gasteiger partial charge >= 0.3 is 0 Å². The van der Waals surface area contributed by atoms with Gasteiger partial charge < -0.3 is 9.84 Å². The van der Waals surface area contributed by atoms with Gasteiger partial charge in [0.25, 0.3) is 0 Å². The minimum atomic E-state index is -0.524. The minimum Gasteiger partial charge on any atom is -0.387 e. The van der Waals surface area contributed by atoms with E-state index in [9.17, 15) is 5.11 Å². The average molecular weight is 170 g/mol. The van der Waals surface area contributed by atoms with Crippen LogP contribution in [0.1, 0.15) is 33.6 Å². The molecule has 0 radical (unpaired) electrons. The van der Waals surface area contributed by atoms with E-state index in [4.69, 9.17) is 4.74 Å². The van der Waals surface area contributed by atoms with Gasteiger partial charge in [0.15, 0.2) is 0 Å². The van der Waals surface area contributed by atoms with Crippen LogP contribution in [0.4, 0.5) is 0 Å². The molecule has 2 fully saturated rings. The lowest BCUT2D eigenvalue weighted by Gasteiger charge is -2.29. The Morgan fingerprint density at radius 3 is 2.58 bits per heavy atom. The molecule has 0 aromatic carbocycles. The lowest BCUT2D eigenvalue weighted by atomic mass is 9.80. The normalized spacial score (nSPS) is 51.0. The fourth-order valence-corrected chi connectivity index (χ4v) is 2.85. The second-order valence-corrected chi connectivity index (χ2v) is 4.91. The van der Waals surface area contributed by atoms with Crippen molar-refractivity contribution in [3.63, 3.8) is 0 Å². The second kappa shape index (κ2) is 2.24. The van der Waals surface area contributed by atoms with Crippen molar-refractivity contribution in [3.8, 4) is 0 Å². The number of aliphatic hydroxyl groups is 1. The lowest BCUT2D eigenvalue weighted by Crippen LogP contribution is -2.41. The summed E-state index contributed by atoms with van der Waals surface area (Å²) in [6.07, 6.45) is 2.26. The summed E-state index contributed by atoms with van der Waals surface area (Å²) in [6.45, 7) is 6.85. The van der Waals surface area contributed by atoms with E-state index in [1.54, 1.807) is 0 Å². The molecule has 0 bridgehead atoms. The van der Waals surface area contributed by atoms with Gasteiger partial charge in [-0.15, -0.1) is 0 Å². The van der Waals surface area contributed by atoms with E-state index in [1.807, 2.05) is 0 Å². The number of ether oxygens (including phenoxy) is 1. The molecule has 2 heteroatoms. The molecule has 1 N–H and O–H groups in total. The lowest BCUT2D eigenvalue weighted by molar-refractivity contribution is -0.0210. The van der Waals surface area contributed by atoms with Crippen LogP contribution >= 0.6 is 0 Å². The van der Waals surface area contributed by atoms with Crippen molar-refractivity contribution in [2.75, 3.05) is 6.61 Å². The predicted molar refractivity (Wildman–Crippen MR) is 46.9 cm³/mol. The summed E-state index contributed by atoms with van der Waals surface area (Å²) in [6, 6.07) is 0. The van der Waals surface area contributed by atoms with Gasteiger partial charge in [-0.3, -0.25) is 0 Å². The van der Waals surface area contributed by atoms with E-state index >= 15 is 0 Å². The van der Waals surface area contributed by atoms with E-state index in [0.29, 0.717) is 18.4 Å². The zero-order chi connectivity index (χ0) is 8.98. The Kier molecular flexibility index (Phi) is 1.59. The molecule has 1 aliphatic carbocycles. The summed E-state index contributed by atoms with van der Waals surface area (Å²) in [5, 5.41) is 10.3. The first-order valence-corrected chi connectivity index (χ1v) is 4.83. The Labute approximate surface area is 73.9 Å². The maximum absolute atomic E-state index is 10.3. The van der Waals surface area contributed by atoms with Gasteiger partial charge in [0.1, 0.15) is 0 Å². The molecule has 3 atom stereocenters. The maximum Gasteiger partial charge on any atom is 0.0960 e. The van der Waals surface area contributed by atoms with Crippen molar-refractivity contribution in [1.82, 2.24) is 0 Å². The molecule has 1 aliphatic heterocycles. The van der Waals surface area contributed by atoms with Gasteiger partial charge in [0.05, 0.1) is 17.8 Å². The van der Waals surface area contributed by atoms with Crippen LogP contribution in [-0.4, -0.2) is 22.9 Å². The van der Waals surface area contributed by atoms with Gasteiger partial charge in [-0.05, 0) is 32.6 Å². The van der Waals surface area contributed by atoms with Gasteiger partial charge in [0, 0.05) is 5.92 Å². The summed E-state index contributed by atoms with van der Waals surface area (Å²) < 4.78 is 5.63. The highest BCUT2D eigenvalue weighted by Gasteiger charge is 2.58. The molecule has 1 heterocycles. The fraction of sp³-hybridized carbons (Fsp3) is 1.00.